The highest BCUT2D eigenvalue weighted by Crippen LogP contribution is 2.26. The van der Waals surface area contributed by atoms with E-state index in [4.69, 9.17) is 0 Å². The molecule has 82 valence electrons. The quantitative estimate of drug-likeness (QED) is 0.541. The van der Waals surface area contributed by atoms with E-state index in [-0.39, 0.29) is 0 Å². The monoisotopic (exact) mass is 239 g/mol. The highest BCUT2D eigenvalue weighted by molar-refractivity contribution is 7.13. The average Bonchev–Trinajstić information content (AvgIpc) is 3.03. The van der Waals surface area contributed by atoms with Gasteiger partial charge in [-0.2, -0.15) is 0 Å². The predicted octanol–water partition coefficient (Wildman–Crippen LogP) is 3.54. The van der Waals surface area contributed by atoms with Crippen molar-refractivity contribution in [1.29, 1.82) is 0 Å². The van der Waals surface area contributed by atoms with E-state index in [0.717, 1.165) is 22.4 Å². The van der Waals surface area contributed by atoms with Gasteiger partial charge in [0.25, 0.3) is 0 Å². The van der Waals surface area contributed by atoms with E-state index in [1.54, 1.807) is 11.3 Å². The van der Waals surface area contributed by atoms with E-state index in [1.165, 1.54) is 4.88 Å². The Morgan fingerprint density at radius 2 is 2.06 bits per heavy atom. The molecule has 3 heterocycles. The van der Waals surface area contributed by atoms with Crippen LogP contribution in [0.15, 0.2) is 47.8 Å². The largest absolute Gasteiger partial charge is 0.291 e. The zero-order valence-corrected chi connectivity index (χ0v) is 9.74. The third-order valence-corrected chi connectivity index (χ3v) is 3.78. The van der Waals surface area contributed by atoms with Crippen LogP contribution in [0, 0.1) is 0 Å². The number of benzene rings is 1. The number of nitrogens with zero attached hydrogens (tertiary/aromatic N) is 2. The van der Waals surface area contributed by atoms with Gasteiger partial charge in [0.2, 0.25) is 0 Å². The van der Waals surface area contributed by atoms with Crippen molar-refractivity contribution in [2.75, 3.05) is 0 Å². The normalized spacial score (nSPS) is 11.5. The number of thiophene rings is 1. The van der Waals surface area contributed by atoms with Crippen LogP contribution in [0.2, 0.25) is 0 Å². The molecule has 0 bridgehead atoms. The minimum atomic E-state index is 0.967. The summed E-state index contributed by atoms with van der Waals surface area (Å²) in [6.45, 7) is 0. The lowest BCUT2D eigenvalue weighted by atomic mass is 10.3. The molecule has 0 aliphatic heterocycles. The molecule has 0 radical (unpaired) electrons. The number of aromatic amines is 1. The van der Waals surface area contributed by atoms with Gasteiger partial charge in [-0.25, -0.2) is 9.50 Å². The molecule has 4 rings (SSSR count). The maximum absolute atomic E-state index is 4.58. The molecule has 1 N–H and O–H groups in total. The number of imidazole rings is 1. The fourth-order valence-electron chi connectivity index (χ4n) is 2.10. The van der Waals surface area contributed by atoms with Gasteiger partial charge in [0.05, 0.1) is 21.6 Å². The lowest BCUT2D eigenvalue weighted by Crippen LogP contribution is -1.83. The Hall–Kier alpha value is -2.07. The summed E-state index contributed by atoms with van der Waals surface area (Å²) in [4.78, 5) is 5.82. The van der Waals surface area contributed by atoms with E-state index in [2.05, 4.69) is 39.7 Å². The van der Waals surface area contributed by atoms with Crippen LogP contribution in [0.4, 0.5) is 0 Å². The lowest BCUT2D eigenvalue weighted by Gasteiger charge is -1.92. The van der Waals surface area contributed by atoms with Crippen molar-refractivity contribution in [2.24, 2.45) is 0 Å². The maximum Gasteiger partial charge on any atom is 0.154 e. The van der Waals surface area contributed by atoms with Crippen molar-refractivity contribution in [3.05, 3.63) is 47.8 Å². The zero-order valence-electron chi connectivity index (χ0n) is 8.92. The summed E-state index contributed by atoms with van der Waals surface area (Å²) < 4.78 is 2.03. The van der Waals surface area contributed by atoms with E-state index in [1.807, 2.05) is 22.7 Å². The van der Waals surface area contributed by atoms with Gasteiger partial charge in [0, 0.05) is 6.07 Å². The molecule has 0 unspecified atom stereocenters. The molecule has 17 heavy (non-hydrogen) atoms. The van der Waals surface area contributed by atoms with Gasteiger partial charge < -0.3 is 0 Å². The fourth-order valence-corrected chi connectivity index (χ4v) is 2.79. The standard InChI is InChI=1S/C13H9N3S/c1-2-5-11-9(4-1)14-13-8-10(15-16(11)13)12-6-3-7-17-12/h1-8,15H. The molecule has 1 aromatic carbocycles. The highest BCUT2D eigenvalue weighted by Gasteiger charge is 2.08. The van der Waals surface area contributed by atoms with Crippen molar-refractivity contribution in [2.45, 2.75) is 0 Å². The van der Waals surface area contributed by atoms with Gasteiger partial charge in [0.15, 0.2) is 5.65 Å². The predicted molar refractivity (Wildman–Crippen MR) is 70.4 cm³/mol. The van der Waals surface area contributed by atoms with Crippen LogP contribution in [-0.4, -0.2) is 14.6 Å². The zero-order chi connectivity index (χ0) is 11.2. The first kappa shape index (κ1) is 9.01. The van der Waals surface area contributed by atoms with Gasteiger partial charge in [-0.05, 0) is 23.6 Å². The molecular weight excluding hydrogens is 230 g/mol. The minimum Gasteiger partial charge on any atom is -0.291 e. The second kappa shape index (κ2) is 3.21. The Morgan fingerprint density at radius 1 is 1.12 bits per heavy atom. The SMILES string of the molecule is c1csc(-c2cc3nc4ccccc4n3[nH]2)c1. The molecular formula is C13H9N3S. The highest BCUT2D eigenvalue weighted by atomic mass is 32.1. The third-order valence-electron chi connectivity index (χ3n) is 2.88. The molecule has 3 aromatic heterocycles. The molecule has 0 amide bonds. The van der Waals surface area contributed by atoms with Crippen LogP contribution >= 0.6 is 11.3 Å². The molecule has 0 aliphatic carbocycles. The minimum absolute atomic E-state index is 0.967. The summed E-state index contributed by atoms with van der Waals surface area (Å²) in [5.41, 5.74) is 4.23. The topological polar surface area (TPSA) is 33.1 Å². The number of hydrogen-bond donors (Lipinski definition) is 1. The van der Waals surface area contributed by atoms with Crippen LogP contribution < -0.4 is 0 Å². The van der Waals surface area contributed by atoms with Gasteiger partial charge in [-0.1, -0.05) is 18.2 Å². The van der Waals surface area contributed by atoms with Crippen LogP contribution in [0.1, 0.15) is 0 Å². The maximum atomic E-state index is 4.58. The molecule has 0 aliphatic rings. The first-order chi connectivity index (χ1) is 8.42. The Morgan fingerprint density at radius 3 is 2.94 bits per heavy atom. The van der Waals surface area contributed by atoms with Gasteiger partial charge in [0.1, 0.15) is 0 Å². The van der Waals surface area contributed by atoms with Gasteiger partial charge >= 0.3 is 0 Å². The van der Waals surface area contributed by atoms with Crippen LogP contribution in [0.5, 0.6) is 0 Å². The molecule has 0 spiro atoms. The Labute approximate surface area is 101 Å². The number of rotatable bonds is 1. The van der Waals surface area contributed by atoms with E-state index >= 15 is 0 Å². The number of H-pyrrole nitrogens is 1. The van der Waals surface area contributed by atoms with Crippen molar-refractivity contribution in [3.63, 3.8) is 0 Å². The number of aromatic nitrogens is 3. The Bertz CT molecular complexity index is 793. The second-order valence-corrected chi connectivity index (χ2v) is 4.89. The van der Waals surface area contributed by atoms with Crippen molar-refractivity contribution in [1.82, 2.24) is 14.6 Å². The molecule has 0 saturated carbocycles. The first-order valence-electron chi connectivity index (χ1n) is 5.42. The number of fused-ring (bicyclic) bond motifs is 3. The Balaban J connectivity index is 2.05. The molecule has 0 atom stereocenters. The number of hydrogen-bond acceptors (Lipinski definition) is 2. The van der Waals surface area contributed by atoms with Crippen molar-refractivity contribution in [3.8, 4) is 10.6 Å². The smallest absolute Gasteiger partial charge is 0.154 e. The molecule has 4 heteroatoms. The molecule has 4 aromatic rings. The van der Waals surface area contributed by atoms with Crippen molar-refractivity contribution >= 4 is 28.0 Å². The van der Waals surface area contributed by atoms with E-state index < -0.39 is 0 Å². The summed E-state index contributed by atoms with van der Waals surface area (Å²) in [5.74, 6) is 0. The van der Waals surface area contributed by atoms with E-state index in [0.29, 0.717) is 0 Å². The first-order valence-corrected chi connectivity index (χ1v) is 6.30. The van der Waals surface area contributed by atoms with Crippen LogP contribution in [0.25, 0.3) is 27.3 Å². The van der Waals surface area contributed by atoms with Crippen LogP contribution in [-0.2, 0) is 0 Å². The number of para-hydroxylation sites is 2. The third kappa shape index (κ3) is 1.24. The molecule has 0 fully saturated rings. The summed E-state index contributed by atoms with van der Waals surface area (Å²) in [6.07, 6.45) is 0. The summed E-state index contributed by atoms with van der Waals surface area (Å²) in [5, 5.41) is 5.47. The second-order valence-electron chi connectivity index (χ2n) is 3.94. The summed E-state index contributed by atoms with van der Waals surface area (Å²) in [6, 6.07) is 14.4. The molecule has 0 saturated heterocycles. The molecule has 3 nitrogen and oxygen atoms in total. The van der Waals surface area contributed by atoms with Gasteiger partial charge in [-0.15, -0.1) is 11.3 Å². The average molecular weight is 239 g/mol. The van der Waals surface area contributed by atoms with Gasteiger partial charge in [-0.3, -0.25) is 5.10 Å². The summed E-state index contributed by atoms with van der Waals surface area (Å²) in [7, 11) is 0. The van der Waals surface area contributed by atoms with Crippen LogP contribution in [0.3, 0.4) is 0 Å². The van der Waals surface area contributed by atoms with Crippen molar-refractivity contribution < 1.29 is 0 Å². The number of nitrogens with one attached hydrogen (secondary N) is 1. The lowest BCUT2D eigenvalue weighted by molar-refractivity contribution is 1.01. The van der Waals surface area contributed by atoms with E-state index in [9.17, 15) is 0 Å². The fraction of sp³-hybridized carbons (Fsp3) is 0. The summed E-state index contributed by atoms with van der Waals surface area (Å²) >= 11 is 1.73. The Kier molecular flexibility index (Phi) is 1.70.